The van der Waals surface area contributed by atoms with Gasteiger partial charge in [0, 0.05) is 13.6 Å². The van der Waals surface area contributed by atoms with Gasteiger partial charge >= 0.3 is 0 Å². The van der Waals surface area contributed by atoms with E-state index in [1.165, 1.54) is 25.0 Å². The Morgan fingerprint density at radius 2 is 2.22 bits per heavy atom. The first-order valence-corrected chi connectivity index (χ1v) is 8.15. The number of thioether (sulfide) groups is 1. The van der Waals surface area contributed by atoms with Crippen LogP contribution in [0.4, 0.5) is 5.82 Å². The van der Waals surface area contributed by atoms with Crippen LogP contribution in [0.3, 0.4) is 0 Å². The van der Waals surface area contributed by atoms with Crippen LogP contribution in [0.1, 0.15) is 29.0 Å². The first kappa shape index (κ1) is 17.0. The van der Waals surface area contributed by atoms with Crippen molar-refractivity contribution in [3.8, 4) is 0 Å². The van der Waals surface area contributed by atoms with Gasteiger partial charge in [-0.05, 0) is 13.8 Å². The summed E-state index contributed by atoms with van der Waals surface area (Å²) in [6.45, 7) is 4.15. The minimum Gasteiger partial charge on any atom is -0.355 e. The predicted molar refractivity (Wildman–Crippen MR) is 85.1 cm³/mol. The summed E-state index contributed by atoms with van der Waals surface area (Å²) in [7, 11) is 1.53. The van der Waals surface area contributed by atoms with E-state index in [0.29, 0.717) is 35.4 Å². The summed E-state index contributed by atoms with van der Waals surface area (Å²) in [6, 6.07) is 0. The Kier molecular flexibility index (Phi) is 5.74. The maximum absolute atomic E-state index is 12.1. The number of nitrogens with one attached hydrogen (secondary N) is 2. The Hall–Kier alpha value is -2.36. The van der Waals surface area contributed by atoms with Crippen LogP contribution in [0.25, 0.3) is 0 Å². The third-order valence-corrected chi connectivity index (χ3v) is 3.81. The third kappa shape index (κ3) is 4.31. The smallest absolute Gasteiger partial charge is 0.256 e. The number of carbonyl (C=O) groups excluding carboxylic acids is 2. The molecular weight excluding hydrogens is 320 g/mol. The van der Waals surface area contributed by atoms with Crippen LogP contribution in [0.5, 0.6) is 0 Å². The van der Waals surface area contributed by atoms with Crippen molar-refractivity contribution in [1.82, 2.24) is 25.2 Å². The lowest BCUT2D eigenvalue weighted by molar-refractivity contribution is -0.113. The molecule has 0 aliphatic heterocycles. The molecule has 2 amide bonds. The van der Waals surface area contributed by atoms with E-state index in [-0.39, 0.29) is 17.6 Å². The molecule has 10 heteroatoms. The number of aromatic nitrogens is 4. The SMILES string of the molecule is CCn1ncc(C(=O)NC)c1NC(=O)CSCc1nc(C)no1. The summed E-state index contributed by atoms with van der Waals surface area (Å²) in [5.74, 6) is 1.55. The molecule has 0 bridgehead atoms. The fraction of sp³-hybridized carbons (Fsp3) is 0.462. The molecule has 0 aromatic carbocycles. The number of hydrogen-bond donors (Lipinski definition) is 2. The van der Waals surface area contributed by atoms with Crippen molar-refractivity contribution in [2.75, 3.05) is 18.1 Å². The molecule has 124 valence electrons. The number of aryl methyl sites for hydroxylation is 2. The molecule has 9 nitrogen and oxygen atoms in total. The number of hydrogen-bond acceptors (Lipinski definition) is 7. The summed E-state index contributed by atoms with van der Waals surface area (Å²) in [5.41, 5.74) is 0.334. The highest BCUT2D eigenvalue weighted by Crippen LogP contribution is 2.16. The second-order valence-corrected chi connectivity index (χ2v) is 5.56. The molecule has 0 saturated carbocycles. The maximum atomic E-state index is 12.1. The molecule has 2 aromatic heterocycles. The lowest BCUT2D eigenvalue weighted by atomic mass is 10.3. The van der Waals surface area contributed by atoms with Gasteiger partial charge in [-0.1, -0.05) is 5.16 Å². The number of anilines is 1. The quantitative estimate of drug-likeness (QED) is 0.768. The van der Waals surface area contributed by atoms with Crippen LogP contribution in [0.15, 0.2) is 10.7 Å². The van der Waals surface area contributed by atoms with Crippen LogP contribution < -0.4 is 10.6 Å². The fourth-order valence-electron chi connectivity index (χ4n) is 1.86. The zero-order valence-electron chi connectivity index (χ0n) is 13.1. The first-order valence-electron chi connectivity index (χ1n) is 6.99. The Bertz CT molecular complexity index is 696. The second kappa shape index (κ2) is 7.77. The van der Waals surface area contributed by atoms with Gasteiger partial charge in [0.15, 0.2) is 5.82 Å². The zero-order chi connectivity index (χ0) is 16.8. The average Bonchev–Trinajstić information content (AvgIpc) is 3.12. The third-order valence-electron chi connectivity index (χ3n) is 2.90. The molecule has 0 unspecified atom stereocenters. The Balaban J connectivity index is 1.94. The summed E-state index contributed by atoms with van der Waals surface area (Å²) in [6.07, 6.45) is 1.44. The van der Waals surface area contributed by atoms with Gasteiger partial charge in [0.05, 0.1) is 17.7 Å². The van der Waals surface area contributed by atoms with Crippen LogP contribution >= 0.6 is 11.8 Å². The van der Waals surface area contributed by atoms with E-state index >= 15 is 0 Å². The van der Waals surface area contributed by atoms with Crippen molar-refractivity contribution < 1.29 is 14.1 Å². The van der Waals surface area contributed by atoms with Gasteiger partial charge in [-0.3, -0.25) is 9.59 Å². The molecule has 2 aromatic rings. The van der Waals surface area contributed by atoms with Gasteiger partial charge < -0.3 is 15.2 Å². The van der Waals surface area contributed by atoms with Gasteiger partial charge in [0.2, 0.25) is 11.8 Å². The molecule has 0 spiro atoms. The predicted octanol–water partition coefficient (Wildman–Crippen LogP) is 0.826. The maximum Gasteiger partial charge on any atom is 0.256 e. The summed E-state index contributed by atoms with van der Waals surface area (Å²) >= 11 is 1.34. The van der Waals surface area contributed by atoms with Crippen molar-refractivity contribution in [1.29, 1.82) is 0 Å². The summed E-state index contributed by atoms with van der Waals surface area (Å²) < 4.78 is 6.54. The van der Waals surface area contributed by atoms with E-state index in [1.54, 1.807) is 11.6 Å². The zero-order valence-corrected chi connectivity index (χ0v) is 13.9. The number of carbonyl (C=O) groups is 2. The second-order valence-electron chi connectivity index (χ2n) is 4.58. The van der Waals surface area contributed by atoms with Crippen molar-refractivity contribution in [2.24, 2.45) is 0 Å². The molecule has 2 rings (SSSR count). The number of amides is 2. The Labute approximate surface area is 137 Å². The molecular formula is C13H18N6O3S. The lowest BCUT2D eigenvalue weighted by Gasteiger charge is -2.09. The average molecular weight is 338 g/mol. The van der Waals surface area contributed by atoms with Crippen LogP contribution in [0.2, 0.25) is 0 Å². The molecule has 0 aliphatic carbocycles. The number of rotatable bonds is 7. The summed E-state index contributed by atoms with van der Waals surface area (Å²) in [4.78, 5) is 27.9. The highest BCUT2D eigenvalue weighted by atomic mass is 32.2. The normalized spacial score (nSPS) is 10.6. The molecule has 0 atom stereocenters. The summed E-state index contributed by atoms with van der Waals surface area (Å²) in [5, 5.41) is 13.0. The van der Waals surface area contributed by atoms with Gasteiger partial charge in [-0.25, -0.2) is 4.68 Å². The molecule has 0 saturated heterocycles. The van der Waals surface area contributed by atoms with Crippen molar-refractivity contribution >= 4 is 29.4 Å². The minimum absolute atomic E-state index is 0.198. The Morgan fingerprint density at radius 1 is 1.43 bits per heavy atom. The lowest BCUT2D eigenvalue weighted by Crippen LogP contribution is -2.23. The van der Waals surface area contributed by atoms with Crippen LogP contribution in [0, 0.1) is 6.92 Å². The molecule has 0 aliphatic rings. The van der Waals surface area contributed by atoms with Crippen LogP contribution in [-0.2, 0) is 17.1 Å². The molecule has 2 N–H and O–H groups in total. The van der Waals surface area contributed by atoms with Gasteiger partial charge in [0.1, 0.15) is 11.4 Å². The minimum atomic E-state index is -0.297. The van der Waals surface area contributed by atoms with Gasteiger partial charge in [0.25, 0.3) is 5.91 Å². The van der Waals surface area contributed by atoms with Crippen molar-refractivity contribution in [3.63, 3.8) is 0 Å². The van der Waals surface area contributed by atoms with Gasteiger partial charge in [-0.15, -0.1) is 11.8 Å². The van der Waals surface area contributed by atoms with E-state index in [2.05, 4.69) is 25.9 Å². The standard InChI is InChI=1S/C13H18N6O3S/c1-4-19-12(9(5-15-19)13(21)14-3)17-10(20)6-23-7-11-16-8(2)18-22-11/h5H,4,6-7H2,1-3H3,(H,14,21)(H,17,20). The largest absolute Gasteiger partial charge is 0.355 e. The molecule has 0 radical (unpaired) electrons. The van der Waals surface area contributed by atoms with Crippen LogP contribution in [-0.4, -0.2) is 44.5 Å². The van der Waals surface area contributed by atoms with Gasteiger partial charge in [-0.2, -0.15) is 10.1 Å². The van der Waals surface area contributed by atoms with E-state index in [4.69, 9.17) is 4.52 Å². The highest BCUT2D eigenvalue weighted by molar-refractivity contribution is 7.99. The molecule has 23 heavy (non-hydrogen) atoms. The highest BCUT2D eigenvalue weighted by Gasteiger charge is 2.18. The van der Waals surface area contributed by atoms with E-state index in [1.807, 2.05) is 6.92 Å². The fourth-order valence-corrected chi connectivity index (χ4v) is 2.51. The van der Waals surface area contributed by atoms with E-state index in [9.17, 15) is 9.59 Å². The molecule has 0 fully saturated rings. The first-order chi connectivity index (χ1) is 11.0. The monoisotopic (exact) mass is 338 g/mol. The Morgan fingerprint density at radius 3 is 2.83 bits per heavy atom. The van der Waals surface area contributed by atoms with Crippen molar-refractivity contribution in [2.45, 2.75) is 26.1 Å². The number of nitrogens with zero attached hydrogens (tertiary/aromatic N) is 4. The molecule has 2 heterocycles. The van der Waals surface area contributed by atoms with E-state index < -0.39 is 0 Å². The van der Waals surface area contributed by atoms with Crippen molar-refractivity contribution in [3.05, 3.63) is 23.5 Å². The topological polar surface area (TPSA) is 115 Å². The van der Waals surface area contributed by atoms with E-state index in [0.717, 1.165) is 0 Å².